The number of carbonyl (C=O) groups excluding carboxylic acids is 2. The molecule has 3 aromatic rings. The average molecular weight is 566 g/mol. The van der Waals surface area contributed by atoms with E-state index in [4.69, 9.17) is 11.6 Å². The summed E-state index contributed by atoms with van der Waals surface area (Å²) >= 11 is 5.99. The van der Waals surface area contributed by atoms with Crippen molar-refractivity contribution >= 4 is 23.4 Å². The molecule has 7 nitrogen and oxygen atoms in total. The zero-order chi connectivity index (χ0) is 28.3. The van der Waals surface area contributed by atoms with Crippen LogP contribution in [0.2, 0.25) is 5.02 Å². The minimum absolute atomic E-state index is 0.0318. The first-order valence-electron chi connectivity index (χ1n) is 12.4. The zero-order valence-corrected chi connectivity index (χ0v) is 22.1. The van der Waals surface area contributed by atoms with Gasteiger partial charge >= 0.3 is 6.18 Å². The fourth-order valence-electron chi connectivity index (χ4n) is 4.40. The van der Waals surface area contributed by atoms with Gasteiger partial charge in [0.25, 0.3) is 5.91 Å². The first kappa shape index (κ1) is 28.6. The van der Waals surface area contributed by atoms with Gasteiger partial charge < -0.3 is 15.5 Å². The first-order chi connectivity index (χ1) is 18.4. The Balaban J connectivity index is 1.44. The highest BCUT2D eigenvalue weighted by Crippen LogP contribution is 2.30. The highest BCUT2D eigenvalue weighted by Gasteiger charge is 2.35. The Bertz CT molecular complexity index is 1350. The third kappa shape index (κ3) is 6.96. The van der Waals surface area contributed by atoms with Gasteiger partial charge in [-0.25, -0.2) is 9.07 Å². The normalized spacial score (nSPS) is 15.7. The Morgan fingerprint density at radius 3 is 2.49 bits per heavy atom. The van der Waals surface area contributed by atoms with Crippen molar-refractivity contribution in [3.05, 3.63) is 81.9 Å². The molecular weight excluding hydrogens is 538 g/mol. The third-order valence-electron chi connectivity index (χ3n) is 6.75. The van der Waals surface area contributed by atoms with Gasteiger partial charge in [-0.1, -0.05) is 23.7 Å². The molecule has 1 saturated heterocycles. The maximum absolute atomic E-state index is 14.8. The van der Waals surface area contributed by atoms with Gasteiger partial charge in [0.1, 0.15) is 5.82 Å². The molecule has 1 atom stereocenters. The number of benzene rings is 2. The second-order valence-electron chi connectivity index (χ2n) is 9.64. The van der Waals surface area contributed by atoms with Crippen LogP contribution in [0.3, 0.4) is 0 Å². The molecule has 0 bridgehead atoms. The van der Waals surface area contributed by atoms with E-state index in [1.54, 1.807) is 18.2 Å². The molecule has 0 aliphatic carbocycles. The molecule has 4 rings (SSSR count). The number of hydrogen-bond donors (Lipinski definition) is 2. The van der Waals surface area contributed by atoms with Crippen LogP contribution in [-0.4, -0.2) is 52.7 Å². The van der Waals surface area contributed by atoms with Crippen LogP contribution in [0.5, 0.6) is 0 Å². The summed E-state index contributed by atoms with van der Waals surface area (Å²) in [5.74, 6) is -2.65. The highest BCUT2D eigenvalue weighted by atomic mass is 35.5. The van der Waals surface area contributed by atoms with Crippen molar-refractivity contribution in [1.82, 2.24) is 25.3 Å². The highest BCUT2D eigenvalue weighted by molar-refractivity contribution is 6.30. The van der Waals surface area contributed by atoms with Crippen LogP contribution in [0.4, 0.5) is 17.6 Å². The molecule has 39 heavy (non-hydrogen) atoms. The van der Waals surface area contributed by atoms with Crippen molar-refractivity contribution in [2.24, 2.45) is 0 Å². The molecule has 1 aromatic heterocycles. The number of alkyl halides is 3. The number of carbonyl (C=O) groups is 2. The van der Waals surface area contributed by atoms with E-state index in [9.17, 15) is 27.2 Å². The number of nitrogens with zero attached hydrogens (tertiary/aromatic N) is 3. The van der Waals surface area contributed by atoms with E-state index in [0.29, 0.717) is 16.3 Å². The number of hydrogen-bond acceptors (Lipinski definition) is 4. The number of amides is 2. The monoisotopic (exact) mass is 565 g/mol. The molecular formula is C27H28ClF4N5O2. The van der Waals surface area contributed by atoms with Crippen molar-refractivity contribution in [2.45, 2.75) is 44.4 Å². The number of rotatable bonds is 7. The number of piperidine rings is 1. The molecule has 2 amide bonds. The summed E-state index contributed by atoms with van der Waals surface area (Å²) in [5.41, 5.74) is -0.532. The molecule has 1 unspecified atom stereocenters. The molecule has 208 valence electrons. The smallest absolute Gasteiger partial charge is 0.350 e. The van der Waals surface area contributed by atoms with Gasteiger partial charge in [0.15, 0.2) is 5.69 Å². The van der Waals surface area contributed by atoms with Crippen LogP contribution in [0.1, 0.15) is 53.0 Å². The second-order valence-corrected chi connectivity index (χ2v) is 10.1. The second kappa shape index (κ2) is 11.7. The summed E-state index contributed by atoms with van der Waals surface area (Å²) < 4.78 is 55.9. The average Bonchev–Trinajstić information content (AvgIpc) is 3.33. The topological polar surface area (TPSA) is 79.3 Å². The lowest BCUT2D eigenvalue weighted by Crippen LogP contribution is -2.43. The van der Waals surface area contributed by atoms with Crippen LogP contribution in [0.15, 0.2) is 48.5 Å². The van der Waals surface area contributed by atoms with E-state index in [-0.39, 0.29) is 23.8 Å². The Kier molecular flexibility index (Phi) is 8.60. The summed E-state index contributed by atoms with van der Waals surface area (Å²) in [6.45, 7) is 2.96. The lowest BCUT2D eigenvalue weighted by atomic mass is 9.98. The zero-order valence-electron chi connectivity index (χ0n) is 21.4. The minimum Gasteiger partial charge on any atom is -0.350 e. The van der Waals surface area contributed by atoms with Crippen molar-refractivity contribution < 1.29 is 27.2 Å². The van der Waals surface area contributed by atoms with Gasteiger partial charge in [-0.3, -0.25) is 9.59 Å². The molecule has 2 N–H and O–H groups in total. The summed E-state index contributed by atoms with van der Waals surface area (Å²) in [4.78, 5) is 27.6. The first-order valence-corrected chi connectivity index (χ1v) is 12.8. The number of likely N-dealkylation sites (tertiary alicyclic amines) is 1. The third-order valence-corrected chi connectivity index (χ3v) is 6.99. The standard InChI is InChI=1S/C27H28ClF4N5O2/c1-16(17-6-7-22(23(29)12-17)26(39)34-19-8-10-36(2)11-9-19)25(38)33-15-21-14-24(27(30,31)32)35-37(21)20-5-3-4-18(28)13-20/h3-7,12-14,16,19H,8-11,15H2,1-2H3,(H,33,38)(H,34,39). The lowest BCUT2D eigenvalue weighted by Gasteiger charge is -2.29. The summed E-state index contributed by atoms with van der Waals surface area (Å²) in [5, 5.41) is 9.42. The maximum Gasteiger partial charge on any atom is 0.435 e. The van der Waals surface area contributed by atoms with E-state index in [2.05, 4.69) is 20.6 Å². The minimum atomic E-state index is -4.69. The molecule has 0 saturated carbocycles. The fraction of sp³-hybridized carbons (Fsp3) is 0.370. The molecule has 0 spiro atoms. The molecule has 0 radical (unpaired) electrons. The van der Waals surface area contributed by atoms with Gasteiger partial charge in [-0.15, -0.1) is 0 Å². The van der Waals surface area contributed by atoms with E-state index < -0.39 is 35.4 Å². The van der Waals surface area contributed by atoms with Crippen molar-refractivity contribution in [1.29, 1.82) is 0 Å². The fourth-order valence-corrected chi connectivity index (χ4v) is 4.58. The largest absolute Gasteiger partial charge is 0.435 e. The quantitative estimate of drug-likeness (QED) is 0.398. The van der Waals surface area contributed by atoms with Crippen LogP contribution in [0, 0.1) is 5.82 Å². The molecule has 2 aromatic carbocycles. The SMILES string of the molecule is CC(C(=O)NCc1cc(C(F)(F)F)nn1-c1cccc(Cl)c1)c1ccc(C(=O)NC2CCN(C)CC2)c(F)c1. The predicted octanol–water partition coefficient (Wildman–Crippen LogP) is 4.93. The van der Waals surface area contributed by atoms with Crippen LogP contribution < -0.4 is 10.6 Å². The van der Waals surface area contributed by atoms with Crippen molar-refractivity contribution in [3.63, 3.8) is 0 Å². The van der Waals surface area contributed by atoms with Gasteiger partial charge in [-0.05, 0) is 81.9 Å². The van der Waals surface area contributed by atoms with E-state index in [1.807, 2.05) is 7.05 Å². The van der Waals surface area contributed by atoms with Crippen molar-refractivity contribution in [2.75, 3.05) is 20.1 Å². The summed E-state index contributed by atoms with van der Waals surface area (Å²) in [6.07, 6.45) is -3.13. The van der Waals surface area contributed by atoms with Gasteiger partial charge in [0.05, 0.1) is 29.4 Å². The Morgan fingerprint density at radius 2 is 1.85 bits per heavy atom. The Hall–Kier alpha value is -3.44. The molecule has 12 heteroatoms. The summed E-state index contributed by atoms with van der Waals surface area (Å²) in [7, 11) is 2.00. The van der Waals surface area contributed by atoms with Crippen molar-refractivity contribution in [3.8, 4) is 5.69 Å². The van der Waals surface area contributed by atoms with Crippen LogP contribution in [-0.2, 0) is 17.5 Å². The summed E-state index contributed by atoms with van der Waals surface area (Å²) in [6, 6.07) is 10.9. The van der Waals surface area contributed by atoms with E-state index in [1.165, 1.54) is 25.1 Å². The lowest BCUT2D eigenvalue weighted by molar-refractivity contribution is -0.141. The maximum atomic E-state index is 14.8. The van der Waals surface area contributed by atoms with Gasteiger partial charge in [-0.2, -0.15) is 18.3 Å². The van der Waals surface area contributed by atoms with E-state index in [0.717, 1.165) is 42.7 Å². The molecule has 1 aliphatic heterocycles. The Morgan fingerprint density at radius 1 is 1.13 bits per heavy atom. The molecule has 1 aliphatic rings. The number of nitrogens with one attached hydrogen (secondary N) is 2. The van der Waals surface area contributed by atoms with Gasteiger partial charge in [0.2, 0.25) is 5.91 Å². The number of halogens is 5. The van der Waals surface area contributed by atoms with Crippen LogP contribution in [0.25, 0.3) is 5.69 Å². The predicted molar refractivity (Wildman–Crippen MR) is 138 cm³/mol. The van der Waals surface area contributed by atoms with Crippen LogP contribution >= 0.6 is 11.6 Å². The molecule has 2 heterocycles. The van der Waals surface area contributed by atoms with E-state index >= 15 is 0 Å². The number of aromatic nitrogens is 2. The van der Waals surface area contributed by atoms with Gasteiger partial charge in [0, 0.05) is 11.1 Å². The molecule has 1 fully saturated rings. The Labute approximate surface area is 228 Å².